The van der Waals surface area contributed by atoms with Crippen molar-refractivity contribution in [2.24, 2.45) is 0 Å². The second-order valence-electron chi connectivity index (χ2n) is 5.03. The van der Waals surface area contributed by atoms with Gasteiger partial charge < -0.3 is 10.2 Å². The summed E-state index contributed by atoms with van der Waals surface area (Å²) in [6.07, 6.45) is 3.81. The molecule has 0 amide bonds. The second-order valence-corrected chi connectivity index (χ2v) is 5.81. The molecule has 19 heavy (non-hydrogen) atoms. The molecule has 2 aromatic rings. The van der Waals surface area contributed by atoms with Crippen molar-refractivity contribution in [3.05, 3.63) is 46.4 Å². The van der Waals surface area contributed by atoms with Crippen LogP contribution in [-0.4, -0.2) is 18.1 Å². The topological polar surface area (TPSA) is 28.2 Å². The second kappa shape index (κ2) is 6.68. The van der Waals surface area contributed by atoms with Crippen molar-refractivity contribution < 1.29 is 0 Å². The Balaban J connectivity index is 2.09. The average molecular weight is 275 g/mol. The average Bonchev–Trinajstić information content (AvgIpc) is 2.89. The molecule has 0 aliphatic heterocycles. The molecule has 2 rings (SSSR count). The lowest BCUT2D eigenvalue weighted by molar-refractivity contribution is 0.588. The normalized spacial score (nSPS) is 10.9. The predicted octanol–water partition coefficient (Wildman–Crippen LogP) is 3.28. The minimum atomic E-state index is 0.489. The van der Waals surface area contributed by atoms with Crippen LogP contribution in [0.1, 0.15) is 25.0 Å². The molecule has 3 nitrogen and oxygen atoms in total. The van der Waals surface area contributed by atoms with Crippen LogP contribution < -0.4 is 10.2 Å². The zero-order valence-electron chi connectivity index (χ0n) is 11.8. The van der Waals surface area contributed by atoms with Crippen LogP contribution in [0.25, 0.3) is 0 Å². The molecule has 2 heterocycles. The maximum atomic E-state index is 4.26. The fourth-order valence-electron chi connectivity index (χ4n) is 1.96. The van der Waals surface area contributed by atoms with E-state index in [1.165, 1.54) is 16.8 Å². The van der Waals surface area contributed by atoms with Gasteiger partial charge in [-0.3, -0.25) is 4.98 Å². The van der Waals surface area contributed by atoms with E-state index in [4.69, 9.17) is 0 Å². The number of hydrogen-bond acceptors (Lipinski definition) is 4. The number of nitrogens with one attached hydrogen (secondary N) is 1. The number of hydrogen-bond donors (Lipinski definition) is 1. The van der Waals surface area contributed by atoms with Crippen LogP contribution in [-0.2, 0) is 13.1 Å². The van der Waals surface area contributed by atoms with Crippen molar-refractivity contribution in [1.82, 2.24) is 10.3 Å². The molecule has 0 aromatic carbocycles. The molecule has 2 aromatic heterocycles. The largest absolute Gasteiger partial charge is 0.369 e. The quantitative estimate of drug-likeness (QED) is 0.877. The van der Waals surface area contributed by atoms with Gasteiger partial charge in [0.1, 0.15) is 0 Å². The molecular formula is C15H21N3S. The lowest BCUT2D eigenvalue weighted by atomic mass is 10.2. The Bertz CT molecular complexity index is 494. The summed E-state index contributed by atoms with van der Waals surface area (Å²) in [7, 11) is 2.12. The smallest absolute Gasteiger partial charge is 0.0598 e. The van der Waals surface area contributed by atoms with Crippen LogP contribution in [0.5, 0.6) is 0 Å². The van der Waals surface area contributed by atoms with Gasteiger partial charge in [0.2, 0.25) is 0 Å². The lowest BCUT2D eigenvalue weighted by Crippen LogP contribution is -2.24. The molecule has 0 bridgehead atoms. The number of thiophene rings is 1. The van der Waals surface area contributed by atoms with Crippen LogP contribution >= 0.6 is 11.3 Å². The summed E-state index contributed by atoms with van der Waals surface area (Å²) < 4.78 is 0. The Morgan fingerprint density at radius 1 is 1.37 bits per heavy atom. The summed E-state index contributed by atoms with van der Waals surface area (Å²) in [6.45, 7) is 6.12. The van der Waals surface area contributed by atoms with Gasteiger partial charge >= 0.3 is 0 Å². The molecule has 0 spiro atoms. The number of nitrogens with zero attached hydrogens (tertiary/aromatic N) is 2. The summed E-state index contributed by atoms with van der Waals surface area (Å²) in [6, 6.07) is 4.75. The van der Waals surface area contributed by atoms with Crippen molar-refractivity contribution in [1.29, 1.82) is 0 Å². The fraction of sp³-hybridized carbons (Fsp3) is 0.400. The number of aromatic nitrogens is 1. The zero-order valence-corrected chi connectivity index (χ0v) is 12.6. The molecule has 0 atom stereocenters. The van der Waals surface area contributed by atoms with E-state index in [9.17, 15) is 0 Å². The van der Waals surface area contributed by atoms with Crippen LogP contribution in [0.2, 0.25) is 0 Å². The molecule has 0 saturated carbocycles. The van der Waals surface area contributed by atoms with E-state index >= 15 is 0 Å². The van der Waals surface area contributed by atoms with Gasteiger partial charge in [0.15, 0.2) is 0 Å². The van der Waals surface area contributed by atoms with Crippen LogP contribution in [0, 0.1) is 0 Å². The van der Waals surface area contributed by atoms with Gasteiger partial charge in [0.25, 0.3) is 0 Å². The van der Waals surface area contributed by atoms with Gasteiger partial charge in [-0.1, -0.05) is 13.8 Å². The van der Waals surface area contributed by atoms with Crippen molar-refractivity contribution in [3.63, 3.8) is 0 Å². The van der Waals surface area contributed by atoms with E-state index in [1.54, 1.807) is 11.3 Å². The Morgan fingerprint density at radius 2 is 2.21 bits per heavy atom. The highest BCUT2D eigenvalue weighted by atomic mass is 32.1. The van der Waals surface area contributed by atoms with Crippen LogP contribution in [0.15, 0.2) is 35.3 Å². The maximum Gasteiger partial charge on any atom is 0.0598 e. The Morgan fingerprint density at radius 3 is 2.89 bits per heavy atom. The van der Waals surface area contributed by atoms with Crippen molar-refractivity contribution in [2.75, 3.05) is 11.9 Å². The van der Waals surface area contributed by atoms with Gasteiger partial charge in [-0.25, -0.2) is 0 Å². The summed E-state index contributed by atoms with van der Waals surface area (Å²) >= 11 is 1.74. The Labute approximate surface area is 119 Å². The molecular weight excluding hydrogens is 254 g/mol. The zero-order chi connectivity index (χ0) is 13.7. The molecule has 0 aliphatic rings. The summed E-state index contributed by atoms with van der Waals surface area (Å²) in [5.41, 5.74) is 3.84. The third-order valence-corrected chi connectivity index (χ3v) is 3.73. The van der Waals surface area contributed by atoms with Gasteiger partial charge in [0.05, 0.1) is 11.9 Å². The first kappa shape index (κ1) is 14.0. The number of pyridine rings is 1. The molecule has 0 radical (unpaired) electrons. The molecule has 102 valence electrons. The molecule has 4 heteroatoms. The standard InChI is InChI=1S/C15H21N3S/c1-12(2)17-8-14-4-6-16-9-15(14)18(3)10-13-5-7-19-11-13/h4-7,9,11-12,17H,8,10H2,1-3H3. The number of anilines is 1. The van der Waals surface area contributed by atoms with Gasteiger partial charge in [-0.05, 0) is 34.0 Å². The highest BCUT2D eigenvalue weighted by Crippen LogP contribution is 2.20. The minimum absolute atomic E-state index is 0.489. The van der Waals surface area contributed by atoms with E-state index in [2.05, 4.69) is 59.0 Å². The minimum Gasteiger partial charge on any atom is -0.369 e. The first-order chi connectivity index (χ1) is 9.16. The van der Waals surface area contributed by atoms with Crippen LogP contribution in [0.3, 0.4) is 0 Å². The molecule has 1 N–H and O–H groups in total. The SMILES string of the molecule is CC(C)NCc1ccncc1N(C)Cc1ccsc1. The van der Waals surface area contributed by atoms with Crippen molar-refractivity contribution >= 4 is 17.0 Å². The summed E-state index contributed by atoms with van der Waals surface area (Å²) in [4.78, 5) is 6.51. The van der Waals surface area contributed by atoms with E-state index in [-0.39, 0.29) is 0 Å². The van der Waals surface area contributed by atoms with E-state index in [0.717, 1.165) is 13.1 Å². The van der Waals surface area contributed by atoms with E-state index < -0.39 is 0 Å². The Kier molecular flexibility index (Phi) is 4.93. The monoisotopic (exact) mass is 275 g/mol. The highest BCUT2D eigenvalue weighted by molar-refractivity contribution is 7.07. The van der Waals surface area contributed by atoms with E-state index in [0.29, 0.717) is 6.04 Å². The molecule has 0 unspecified atom stereocenters. The predicted molar refractivity (Wildman–Crippen MR) is 82.6 cm³/mol. The maximum absolute atomic E-state index is 4.26. The van der Waals surface area contributed by atoms with Crippen molar-refractivity contribution in [3.8, 4) is 0 Å². The summed E-state index contributed by atoms with van der Waals surface area (Å²) in [5.74, 6) is 0. The molecule has 0 saturated heterocycles. The lowest BCUT2D eigenvalue weighted by Gasteiger charge is -2.22. The highest BCUT2D eigenvalue weighted by Gasteiger charge is 2.08. The van der Waals surface area contributed by atoms with Gasteiger partial charge in [0, 0.05) is 32.4 Å². The van der Waals surface area contributed by atoms with Crippen LogP contribution in [0.4, 0.5) is 5.69 Å². The van der Waals surface area contributed by atoms with Gasteiger partial charge in [-0.2, -0.15) is 11.3 Å². The summed E-state index contributed by atoms with van der Waals surface area (Å²) in [5, 5.41) is 7.78. The third kappa shape index (κ3) is 4.04. The Hall–Kier alpha value is -1.39. The van der Waals surface area contributed by atoms with E-state index in [1.807, 2.05) is 12.4 Å². The molecule has 0 fully saturated rings. The van der Waals surface area contributed by atoms with Crippen molar-refractivity contribution in [2.45, 2.75) is 33.0 Å². The fourth-order valence-corrected chi connectivity index (χ4v) is 2.62. The number of rotatable bonds is 6. The first-order valence-corrected chi connectivity index (χ1v) is 7.49. The molecule has 0 aliphatic carbocycles. The van der Waals surface area contributed by atoms with Gasteiger partial charge in [-0.15, -0.1) is 0 Å². The first-order valence-electron chi connectivity index (χ1n) is 6.55. The third-order valence-electron chi connectivity index (χ3n) is 3.00.